The maximum absolute atomic E-state index is 11.6. The third kappa shape index (κ3) is 5.61. The van der Waals surface area contributed by atoms with Gasteiger partial charge in [-0.05, 0) is 19.9 Å². The molecule has 1 saturated heterocycles. The zero-order chi connectivity index (χ0) is 15.1. The van der Waals surface area contributed by atoms with E-state index in [2.05, 4.69) is 23.6 Å². The van der Waals surface area contributed by atoms with Crippen LogP contribution in [-0.2, 0) is 11.3 Å². The van der Waals surface area contributed by atoms with E-state index in [4.69, 9.17) is 4.74 Å². The molecule has 1 aromatic heterocycles. The fraction of sp³-hybridized carbons (Fsp3) is 0.688. The van der Waals surface area contributed by atoms with Gasteiger partial charge in [0.15, 0.2) is 0 Å². The smallest absolute Gasteiger partial charge is 0.250 e. The summed E-state index contributed by atoms with van der Waals surface area (Å²) in [6.07, 6.45) is 2.18. The Morgan fingerprint density at radius 2 is 1.71 bits per heavy atom. The van der Waals surface area contributed by atoms with Crippen molar-refractivity contribution in [3.05, 3.63) is 34.7 Å². The summed E-state index contributed by atoms with van der Waals surface area (Å²) in [5.41, 5.74) is 0.0852. The van der Waals surface area contributed by atoms with Crippen LogP contribution < -0.4 is 5.56 Å². The van der Waals surface area contributed by atoms with Crippen molar-refractivity contribution < 1.29 is 4.74 Å². The van der Waals surface area contributed by atoms with E-state index in [1.807, 2.05) is 12.3 Å². The second-order valence-corrected chi connectivity index (χ2v) is 5.84. The van der Waals surface area contributed by atoms with Crippen LogP contribution in [-0.4, -0.2) is 66.3 Å². The zero-order valence-electron chi connectivity index (χ0n) is 13.2. The van der Waals surface area contributed by atoms with E-state index in [9.17, 15) is 4.79 Å². The van der Waals surface area contributed by atoms with E-state index in [1.54, 1.807) is 16.7 Å². The van der Waals surface area contributed by atoms with Gasteiger partial charge in [-0.3, -0.25) is 14.6 Å². The SMILES string of the molecule is CC(C)OCCN1CCN(CCn2ccccc2=O)CC1. The van der Waals surface area contributed by atoms with Crippen molar-refractivity contribution in [1.29, 1.82) is 0 Å². The van der Waals surface area contributed by atoms with Gasteiger partial charge in [-0.1, -0.05) is 6.07 Å². The minimum Gasteiger partial charge on any atom is -0.377 e. The normalized spacial score (nSPS) is 17.5. The summed E-state index contributed by atoms with van der Waals surface area (Å²) in [6.45, 7) is 12.0. The van der Waals surface area contributed by atoms with Gasteiger partial charge in [-0.15, -0.1) is 0 Å². The molecule has 0 aliphatic carbocycles. The molecular weight excluding hydrogens is 266 g/mol. The molecule has 1 aromatic rings. The van der Waals surface area contributed by atoms with Crippen molar-refractivity contribution >= 4 is 0 Å². The molecule has 1 aliphatic heterocycles. The van der Waals surface area contributed by atoms with Crippen molar-refractivity contribution in [1.82, 2.24) is 14.4 Å². The molecule has 0 amide bonds. The molecule has 0 radical (unpaired) electrons. The molecule has 0 N–H and O–H groups in total. The van der Waals surface area contributed by atoms with Gasteiger partial charge in [0.05, 0.1) is 12.7 Å². The Morgan fingerprint density at radius 1 is 1.05 bits per heavy atom. The Hall–Kier alpha value is -1.17. The minimum absolute atomic E-state index is 0.0852. The summed E-state index contributed by atoms with van der Waals surface area (Å²) >= 11 is 0. The second-order valence-electron chi connectivity index (χ2n) is 5.84. The molecule has 0 saturated carbocycles. The third-order valence-electron chi connectivity index (χ3n) is 3.88. The molecule has 2 rings (SSSR count). The molecule has 21 heavy (non-hydrogen) atoms. The van der Waals surface area contributed by atoms with E-state index in [-0.39, 0.29) is 5.56 Å². The van der Waals surface area contributed by atoms with E-state index < -0.39 is 0 Å². The van der Waals surface area contributed by atoms with Crippen LogP contribution in [0.15, 0.2) is 29.2 Å². The number of hydrogen-bond donors (Lipinski definition) is 0. The van der Waals surface area contributed by atoms with Crippen LogP contribution in [0.2, 0.25) is 0 Å². The van der Waals surface area contributed by atoms with Gasteiger partial charge < -0.3 is 9.30 Å². The third-order valence-corrected chi connectivity index (χ3v) is 3.88. The first-order valence-corrected chi connectivity index (χ1v) is 7.87. The Morgan fingerprint density at radius 3 is 2.33 bits per heavy atom. The standard InChI is InChI=1S/C16H27N3O2/c1-15(2)21-14-13-18-9-7-17(8-10-18)11-12-19-6-4-3-5-16(19)20/h3-6,15H,7-14H2,1-2H3. The van der Waals surface area contributed by atoms with Crippen LogP contribution >= 0.6 is 0 Å². The second kappa shape index (κ2) is 8.32. The molecule has 0 unspecified atom stereocenters. The molecule has 118 valence electrons. The Kier molecular flexibility index (Phi) is 6.42. The summed E-state index contributed by atoms with van der Waals surface area (Å²) in [7, 11) is 0. The zero-order valence-corrected chi connectivity index (χ0v) is 13.2. The molecule has 0 bridgehead atoms. The van der Waals surface area contributed by atoms with E-state index >= 15 is 0 Å². The van der Waals surface area contributed by atoms with Gasteiger partial charge in [-0.25, -0.2) is 0 Å². The van der Waals surface area contributed by atoms with Crippen LogP contribution in [0.4, 0.5) is 0 Å². The molecule has 0 spiro atoms. The molecule has 1 fully saturated rings. The Labute approximate surface area is 127 Å². The molecule has 5 nitrogen and oxygen atoms in total. The number of pyridine rings is 1. The maximum Gasteiger partial charge on any atom is 0.250 e. The lowest BCUT2D eigenvalue weighted by Crippen LogP contribution is -2.48. The highest BCUT2D eigenvalue weighted by Gasteiger charge is 2.16. The summed E-state index contributed by atoms with van der Waals surface area (Å²) < 4.78 is 7.38. The van der Waals surface area contributed by atoms with Gasteiger partial charge in [0.25, 0.3) is 5.56 Å². The Bertz CT molecular complexity index is 465. The number of rotatable bonds is 7. The van der Waals surface area contributed by atoms with Crippen LogP contribution in [0.25, 0.3) is 0 Å². The van der Waals surface area contributed by atoms with Crippen molar-refractivity contribution in [3.63, 3.8) is 0 Å². The largest absolute Gasteiger partial charge is 0.377 e. The van der Waals surface area contributed by atoms with E-state index in [0.717, 1.165) is 52.4 Å². The van der Waals surface area contributed by atoms with Crippen molar-refractivity contribution in [3.8, 4) is 0 Å². The summed E-state index contributed by atoms with van der Waals surface area (Å²) in [6, 6.07) is 5.32. The highest BCUT2D eigenvalue weighted by atomic mass is 16.5. The number of nitrogens with zero attached hydrogens (tertiary/aromatic N) is 3. The quantitative estimate of drug-likeness (QED) is 0.748. The van der Waals surface area contributed by atoms with Crippen molar-refractivity contribution in [2.45, 2.75) is 26.5 Å². The van der Waals surface area contributed by atoms with Crippen LogP contribution in [0.5, 0.6) is 0 Å². The lowest BCUT2D eigenvalue weighted by molar-refractivity contribution is 0.0443. The first-order valence-electron chi connectivity index (χ1n) is 7.87. The molecular formula is C16H27N3O2. The van der Waals surface area contributed by atoms with Crippen molar-refractivity contribution in [2.24, 2.45) is 0 Å². The van der Waals surface area contributed by atoms with E-state index in [1.165, 1.54) is 0 Å². The predicted molar refractivity (Wildman–Crippen MR) is 84.7 cm³/mol. The van der Waals surface area contributed by atoms with Gasteiger partial charge >= 0.3 is 0 Å². The fourth-order valence-corrected chi connectivity index (χ4v) is 2.55. The van der Waals surface area contributed by atoms with Gasteiger partial charge in [0.1, 0.15) is 0 Å². The van der Waals surface area contributed by atoms with Crippen LogP contribution in [0.1, 0.15) is 13.8 Å². The van der Waals surface area contributed by atoms with Gasteiger partial charge in [0, 0.05) is 58.1 Å². The average molecular weight is 293 g/mol. The number of aromatic nitrogens is 1. The van der Waals surface area contributed by atoms with Gasteiger partial charge in [-0.2, -0.15) is 0 Å². The lowest BCUT2D eigenvalue weighted by atomic mass is 10.3. The topological polar surface area (TPSA) is 37.7 Å². The molecule has 0 atom stereocenters. The van der Waals surface area contributed by atoms with E-state index in [0.29, 0.717) is 6.10 Å². The molecule has 0 aromatic carbocycles. The Balaban J connectivity index is 1.65. The van der Waals surface area contributed by atoms with Crippen LogP contribution in [0, 0.1) is 0 Å². The molecule has 5 heteroatoms. The average Bonchev–Trinajstić information content (AvgIpc) is 2.47. The summed E-state index contributed by atoms with van der Waals surface area (Å²) in [4.78, 5) is 16.5. The number of piperazine rings is 1. The summed E-state index contributed by atoms with van der Waals surface area (Å²) in [5.74, 6) is 0. The fourth-order valence-electron chi connectivity index (χ4n) is 2.55. The highest BCUT2D eigenvalue weighted by Crippen LogP contribution is 2.02. The monoisotopic (exact) mass is 293 g/mol. The van der Waals surface area contributed by atoms with Gasteiger partial charge in [0.2, 0.25) is 0 Å². The summed E-state index contributed by atoms with van der Waals surface area (Å²) in [5, 5.41) is 0. The molecule has 1 aliphatic rings. The minimum atomic E-state index is 0.0852. The first-order chi connectivity index (χ1) is 10.1. The van der Waals surface area contributed by atoms with Crippen molar-refractivity contribution in [2.75, 3.05) is 45.9 Å². The first kappa shape index (κ1) is 16.2. The van der Waals surface area contributed by atoms with Crippen LogP contribution in [0.3, 0.4) is 0 Å². The maximum atomic E-state index is 11.6. The number of ether oxygens (including phenoxy) is 1. The predicted octanol–water partition coefficient (Wildman–Crippen LogP) is 0.891. The molecule has 2 heterocycles. The highest BCUT2D eigenvalue weighted by molar-refractivity contribution is 4.93. The lowest BCUT2D eigenvalue weighted by Gasteiger charge is -2.34. The number of hydrogen-bond acceptors (Lipinski definition) is 4.